The summed E-state index contributed by atoms with van der Waals surface area (Å²) in [6, 6.07) is 14.4. The van der Waals surface area contributed by atoms with Crippen LogP contribution in [0.25, 0.3) is 0 Å². The standard InChI is InChI=1S/C29H39ClN2O4/c1-22-17-26(18-23(2)28(22)30)35-21-29(19-27(34)32-13-10-25(33)11-14-32)20-31(15-16-36-29)12-6-9-24-7-4-3-5-8-24/h3-5,7-8,17-18,25,33H,6,9-16,19-21H2,1-2H3. The summed E-state index contributed by atoms with van der Waals surface area (Å²) in [7, 11) is 0. The second-order valence-corrected chi connectivity index (χ2v) is 10.7. The monoisotopic (exact) mass is 514 g/mol. The van der Waals surface area contributed by atoms with Crippen LogP contribution in [0.5, 0.6) is 5.75 Å². The van der Waals surface area contributed by atoms with E-state index in [4.69, 9.17) is 21.1 Å². The summed E-state index contributed by atoms with van der Waals surface area (Å²) < 4.78 is 12.6. The molecular formula is C29H39ClN2O4. The molecule has 1 unspecified atom stereocenters. The maximum absolute atomic E-state index is 13.3. The number of ether oxygens (including phenoxy) is 2. The second-order valence-electron chi connectivity index (χ2n) is 10.3. The predicted molar refractivity (Wildman–Crippen MR) is 143 cm³/mol. The SMILES string of the molecule is Cc1cc(OCC2(CC(=O)N3CCC(O)CC3)CN(CCCc3ccccc3)CCO2)cc(C)c1Cl. The van der Waals surface area contributed by atoms with E-state index in [1.165, 1.54) is 5.56 Å². The molecule has 1 atom stereocenters. The summed E-state index contributed by atoms with van der Waals surface area (Å²) in [5, 5.41) is 10.6. The van der Waals surface area contributed by atoms with Crippen LogP contribution in [0, 0.1) is 13.8 Å². The van der Waals surface area contributed by atoms with Crippen molar-refractivity contribution in [3.05, 3.63) is 64.2 Å². The van der Waals surface area contributed by atoms with E-state index in [9.17, 15) is 9.90 Å². The van der Waals surface area contributed by atoms with Crippen molar-refractivity contribution in [3.63, 3.8) is 0 Å². The van der Waals surface area contributed by atoms with Crippen molar-refractivity contribution in [2.45, 2.75) is 57.7 Å². The van der Waals surface area contributed by atoms with Crippen molar-refractivity contribution in [2.24, 2.45) is 0 Å². The molecule has 1 N–H and O–H groups in total. The first kappa shape index (κ1) is 26.9. The minimum Gasteiger partial charge on any atom is -0.490 e. The lowest BCUT2D eigenvalue weighted by Crippen LogP contribution is -2.57. The molecule has 196 valence electrons. The predicted octanol–water partition coefficient (Wildman–Crippen LogP) is 4.41. The van der Waals surface area contributed by atoms with Crippen molar-refractivity contribution in [2.75, 3.05) is 45.9 Å². The zero-order valence-electron chi connectivity index (χ0n) is 21.5. The highest BCUT2D eigenvalue weighted by Crippen LogP contribution is 2.29. The number of morpholine rings is 1. The normalized spacial score (nSPS) is 21.5. The maximum atomic E-state index is 13.3. The van der Waals surface area contributed by atoms with E-state index < -0.39 is 5.60 Å². The van der Waals surface area contributed by atoms with Crippen molar-refractivity contribution in [3.8, 4) is 5.75 Å². The number of aliphatic hydroxyl groups is 1. The van der Waals surface area contributed by atoms with E-state index in [1.54, 1.807) is 0 Å². The van der Waals surface area contributed by atoms with Gasteiger partial charge in [0, 0.05) is 31.2 Å². The van der Waals surface area contributed by atoms with Crippen LogP contribution in [-0.2, 0) is 16.0 Å². The molecule has 0 radical (unpaired) electrons. The molecule has 0 saturated carbocycles. The second kappa shape index (κ2) is 12.4. The molecule has 0 aliphatic carbocycles. The third-order valence-electron chi connectivity index (χ3n) is 7.31. The highest BCUT2D eigenvalue weighted by Gasteiger charge is 2.41. The number of carbonyl (C=O) groups is 1. The fourth-order valence-electron chi connectivity index (χ4n) is 5.22. The van der Waals surface area contributed by atoms with Gasteiger partial charge in [-0.25, -0.2) is 0 Å². The van der Waals surface area contributed by atoms with Gasteiger partial charge in [0.2, 0.25) is 5.91 Å². The topological polar surface area (TPSA) is 62.2 Å². The zero-order chi connectivity index (χ0) is 25.5. The third kappa shape index (κ3) is 7.22. The van der Waals surface area contributed by atoms with Gasteiger partial charge in [-0.15, -0.1) is 0 Å². The summed E-state index contributed by atoms with van der Waals surface area (Å²) in [6.45, 7) is 8.43. The summed E-state index contributed by atoms with van der Waals surface area (Å²) >= 11 is 6.35. The summed E-state index contributed by atoms with van der Waals surface area (Å²) in [5.74, 6) is 0.812. The van der Waals surface area contributed by atoms with Crippen LogP contribution in [0.3, 0.4) is 0 Å². The fraction of sp³-hybridized carbons (Fsp3) is 0.552. The number of benzene rings is 2. The first-order valence-electron chi connectivity index (χ1n) is 13.1. The molecule has 0 bridgehead atoms. The third-order valence-corrected chi connectivity index (χ3v) is 7.91. The lowest BCUT2D eigenvalue weighted by Gasteiger charge is -2.43. The average molecular weight is 515 g/mol. The van der Waals surface area contributed by atoms with E-state index in [0.29, 0.717) is 45.7 Å². The van der Waals surface area contributed by atoms with Gasteiger partial charge >= 0.3 is 0 Å². The van der Waals surface area contributed by atoms with Crippen LogP contribution < -0.4 is 4.74 Å². The van der Waals surface area contributed by atoms with Crippen molar-refractivity contribution >= 4 is 17.5 Å². The number of nitrogens with zero attached hydrogens (tertiary/aromatic N) is 2. The van der Waals surface area contributed by atoms with Crippen molar-refractivity contribution in [1.29, 1.82) is 0 Å². The zero-order valence-corrected chi connectivity index (χ0v) is 22.3. The summed E-state index contributed by atoms with van der Waals surface area (Å²) in [6.07, 6.45) is 3.29. The van der Waals surface area contributed by atoms with E-state index in [2.05, 4.69) is 29.2 Å². The smallest absolute Gasteiger partial charge is 0.225 e. The van der Waals surface area contributed by atoms with Crippen molar-refractivity contribution < 1.29 is 19.4 Å². The highest BCUT2D eigenvalue weighted by atomic mass is 35.5. The molecule has 0 spiro atoms. The first-order chi connectivity index (χ1) is 17.3. The Morgan fingerprint density at radius 3 is 2.53 bits per heavy atom. The van der Waals surface area contributed by atoms with Crippen LogP contribution in [0.15, 0.2) is 42.5 Å². The molecule has 2 aliphatic heterocycles. The summed E-state index contributed by atoms with van der Waals surface area (Å²) in [4.78, 5) is 17.6. The quantitative estimate of drug-likeness (QED) is 0.537. The van der Waals surface area contributed by atoms with Gasteiger partial charge in [0.25, 0.3) is 0 Å². The first-order valence-corrected chi connectivity index (χ1v) is 13.5. The molecule has 36 heavy (non-hydrogen) atoms. The lowest BCUT2D eigenvalue weighted by atomic mass is 9.95. The van der Waals surface area contributed by atoms with Gasteiger partial charge in [-0.1, -0.05) is 41.9 Å². The van der Waals surface area contributed by atoms with E-state index >= 15 is 0 Å². The molecule has 2 heterocycles. The minimum absolute atomic E-state index is 0.0695. The van der Waals surface area contributed by atoms with Gasteiger partial charge in [0.15, 0.2) is 0 Å². The van der Waals surface area contributed by atoms with Crippen LogP contribution in [0.4, 0.5) is 0 Å². The van der Waals surface area contributed by atoms with Gasteiger partial charge in [-0.05, 0) is 74.9 Å². The van der Waals surface area contributed by atoms with Crippen molar-refractivity contribution in [1.82, 2.24) is 9.80 Å². The van der Waals surface area contributed by atoms with Crippen LogP contribution in [-0.4, -0.2) is 78.5 Å². The van der Waals surface area contributed by atoms with Gasteiger partial charge in [-0.3, -0.25) is 9.69 Å². The Morgan fingerprint density at radius 1 is 1.14 bits per heavy atom. The average Bonchev–Trinajstić information content (AvgIpc) is 2.87. The molecule has 1 amide bonds. The number of rotatable bonds is 9. The Bertz CT molecular complexity index is 987. The van der Waals surface area contributed by atoms with Gasteiger partial charge in [0.05, 0.1) is 19.1 Å². The summed E-state index contributed by atoms with van der Waals surface area (Å²) in [5.41, 5.74) is 2.56. The Hall–Kier alpha value is -2.12. The van der Waals surface area contributed by atoms with E-state index in [-0.39, 0.29) is 18.4 Å². The molecule has 2 saturated heterocycles. The molecule has 4 rings (SSSR count). The molecule has 2 fully saturated rings. The molecule has 2 aliphatic rings. The number of likely N-dealkylation sites (tertiary alicyclic amines) is 1. The Kier molecular flexibility index (Phi) is 9.29. The van der Waals surface area contributed by atoms with Crippen LogP contribution in [0.1, 0.15) is 42.4 Å². The van der Waals surface area contributed by atoms with Crippen LogP contribution in [0.2, 0.25) is 5.02 Å². The molecule has 7 heteroatoms. The number of hydrogen-bond donors (Lipinski definition) is 1. The fourth-order valence-corrected chi connectivity index (χ4v) is 5.33. The molecule has 2 aromatic carbocycles. The Labute approximate surface area is 220 Å². The van der Waals surface area contributed by atoms with Gasteiger partial charge in [0.1, 0.15) is 18.0 Å². The number of hydrogen-bond acceptors (Lipinski definition) is 5. The largest absolute Gasteiger partial charge is 0.490 e. The Balaban J connectivity index is 1.43. The molecular weight excluding hydrogens is 476 g/mol. The van der Waals surface area contributed by atoms with Gasteiger partial charge in [-0.2, -0.15) is 0 Å². The highest BCUT2D eigenvalue weighted by molar-refractivity contribution is 6.32. The lowest BCUT2D eigenvalue weighted by molar-refractivity contribution is -0.157. The number of carbonyl (C=O) groups excluding carboxylic acids is 1. The number of aliphatic hydroxyl groups excluding tert-OH is 1. The molecule has 2 aromatic rings. The molecule has 0 aromatic heterocycles. The minimum atomic E-state index is -0.723. The Morgan fingerprint density at radius 2 is 1.83 bits per heavy atom. The number of piperidine rings is 1. The number of halogens is 1. The van der Waals surface area contributed by atoms with E-state index in [1.807, 2.05) is 36.9 Å². The van der Waals surface area contributed by atoms with Gasteiger partial charge < -0.3 is 19.5 Å². The van der Waals surface area contributed by atoms with Crippen LogP contribution >= 0.6 is 11.6 Å². The number of aryl methyl sites for hydroxylation is 3. The number of amides is 1. The molecule has 6 nitrogen and oxygen atoms in total. The van der Waals surface area contributed by atoms with E-state index in [0.717, 1.165) is 47.8 Å². The maximum Gasteiger partial charge on any atom is 0.225 e.